The summed E-state index contributed by atoms with van der Waals surface area (Å²) in [6, 6.07) is 7.65. The third-order valence-corrected chi connectivity index (χ3v) is 4.76. The maximum Gasteiger partial charge on any atom is 0.230 e. The van der Waals surface area contributed by atoms with E-state index < -0.39 is 0 Å². The molecule has 1 aromatic heterocycles. The second-order valence-corrected chi connectivity index (χ2v) is 6.76. The summed E-state index contributed by atoms with van der Waals surface area (Å²) in [4.78, 5) is 11.6. The summed E-state index contributed by atoms with van der Waals surface area (Å²) in [5, 5.41) is 14.8. The first kappa shape index (κ1) is 18.5. The lowest BCUT2D eigenvalue weighted by atomic mass is 10.3. The molecule has 130 valence electrons. The zero-order valence-corrected chi connectivity index (χ0v) is 15.2. The van der Waals surface area contributed by atoms with Gasteiger partial charge < -0.3 is 20.1 Å². The number of amides is 1. The summed E-state index contributed by atoms with van der Waals surface area (Å²) in [5.74, 6) is 1.01. The minimum Gasteiger partial charge on any atom is -0.492 e. The van der Waals surface area contributed by atoms with Gasteiger partial charge in [-0.05, 0) is 19.1 Å². The SMILES string of the molecule is CCOc1ccccc1Nc1nnc(SCC(=O)NCCOC)s1. The van der Waals surface area contributed by atoms with E-state index in [-0.39, 0.29) is 5.91 Å². The van der Waals surface area contributed by atoms with Gasteiger partial charge in [-0.1, -0.05) is 35.2 Å². The zero-order chi connectivity index (χ0) is 17.2. The minimum absolute atomic E-state index is 0.0524. The van der Waals surface area contributed by atoms with Gasteiger partial charge in [0.2, 0.25) is 11.0 Å². The standard InChI is InChI=1S/C15H20N4O3S2/c1-3-22-12-7-5-4-6-11(12)17-14-18-19-15(24-14)23-10-13(20)16-8-9-21-2/h4-7H,3,8-10H2,1-2H3,(H,16,20)(H,17,18). The van der Waals surface area contributed by atoms with Crippen molar-refractivity contribution in [2.24, 2.45) is 0 Å². The van der Waals surface area contributed by atoms with E-state index in [9.17, 15) is 4.79 Å². The highest BCUT2D eigenvalue weighted by Crippen LogP contribution is 2.31. The van der Waals surface area contributed by atoms with E-state index in [1.807, 2.05) is 31.2 Å². The third-order valence-electron chi connectivity index (χ3n) is 2.79. The van der Waals surface area contributed by atoms with Crippen LogP contribution < -0.4 is 15.4 Å². The first-order valence-electron chi connectivity index (χ1n) is 7.43. The molecule has 0 saturated carbocycles. The van der Waals surface area contributed by atoms with Gasteiger partial charge in [0.1, 0.15) is 5.75 Å². The Morgan fingerprint density at radius 3 is 2.96 bits per heavy atom. The summed E-state index contributed by atoms with van der Waals surface area (Å²) >= 11 is 2.75. The monoisotopic (exact) mass is 368 g/mol. The highest BCUT2D eigenvalue weighted by atomic mass is 32.2. The molecule has 0 aliphatic heterocycles. The number of thioether (sulfide) groups is 1. The van der Waals surface area contributed by atoms with E-state index in [2.05, 4.69) is 20.8 Å². The van der Waals surface area contributed by atoms with Crippen LogP contribution >= 0.6 is 23.1 Å². The fraction of sp³-hybridized carbons (Fsp3) is 0.400. The molecule has 1 amide bonds. The number of carbonyl (C=O) groups is 1. The van der Waals surface area contributed by atoms with E-state index in [4.69, 9.17) is 9.47 Å². The Balaban J connectivity index is 1.86. The number of aromatic nitrogens is 2. The third kappa shape index (κ3) is 5.99. The molecule has 0 bridgehead atoms. The predicted octanol–water partition coefficient (Wildman–Crippen LogP) is 2.54. The van der Waals surface area contributed by atoms with Gasteiger partial charge in [-0.25, -0.2) is 0 Å². The molecular weight excluding hydrogens is 348 g/mol. The molecule has 0 unspecified atom stereocenters. The molecule has 9 heteroatoms. The Kier molecular flexibility index (Phi) is 7.80. The van der Waals surface area contributed by atoms with Crippen LogP contribution in [0.25, 0.3) is 0 Å². The Labute approximate surface area is 149 Å². The van der Waals surface area contributed by atoms with Crippen molar-refractivity contribution in [3.63, 3.8) is 0 Å². The average Bonchev–Trinajstić information content (AvgIpc) is 3.03. The second-order valence-electron chi connectivity index (χ2n) is 4.56. The van der Waals surface area contributed by atoms with Crippen molar-refractivity contribution >= 4 is 39.8 Å². The van der Waals surface area contributed by atoms with Crippen molar-refractivity contribution in [3.8, 4) is 5.75 Å². The highest BCUT2D eigenvalue weighted by molar-refractivity contribution is 8.01. The molecular formula is C15H20N4O3S2. The maximum atomic E-state index is 11.6. The average molecular weight is 368 g/mol. The number of methoxy groups -OCH3 is 1. The number of benzene rings is 1. The van der Waals surface area contributed by atoms with Crippen LogP contribution in [0, 0.1) is 0 Å². The van der Waals surface area contributed by atoms with Crippen molar-refractivity contribution in [1.29, 1.82) is 0 Å². The number of ether oxygens (including phenoxy) is 2. The van der Waals surface area contributed by atoms with Crippen LogP contribution in [0.15, 0.2) is 28.6 Å². The van der Waals surface area contributed by atoms with E-state index in [0.29, 0.717) is 30.6 Å². The predicted molar refractivity (Wildman–Crippen MR) is 96.4 cm³/mol. The van der Waals surface area contributed by atoms with Gasteiger partial charge in [-0.2, -0.15) is 0 Å². The lowest BCUT2D eigenvalue weighted by molar-refractivity contribution is -0.118. The van der Waals surface area contributed by atoms with Crippen LogP contribution in [0.3, 0.4) is 0 Å². The summed E-state index contributed by atoms with van der Waals surface area (Å²) in [5.41, 5.74) is 0.837. The molecule has 1 aromatic carbocycles. The summed E-state index contributed by atoms with van der Waals surface area (Å²) in [6.07, 6.45) is 0. The number of hydrogen-bond acceptors (Lipinski definition) is 8. The van der Waals surface area contributed by atoms with Gasteiger partial charge in [-0.15, -0.1) is 10.2 Å². The van der Waals surface area contributed by atoms with Gasteiger partial charge >= 0.3 is 0 Å². The quantitative estimate of drug-likeness (QED) is 0.492. The number of nitrogens with zero attached hydrogens (tertiary/aromatic N) is 2. The number of rotatable bonds is 10. The molecule has 1 heterocycles. The number of nitrogens with one attached hydrogen (secondary N) is 2. The maximum absolute atomic E-state index is 11.6. The van der Waals surface area contributed by atoms with Crippen molar-refractivity contribution in [1.82, 2.24) is 15.5 Å². The molecule has 0 saturated heterocycles. The number of hydrogen-bond donors (Lipinski definition) is 2. The Morgan fingerprint density at radius 1 is 1.33 bits per heavy atom. The van der Waals surface area contributed by atoms with Gasteiger partial charge in [-0.3, -0.25) is 4.79 Å². The first-order valence-corrected chi connectivity index (χ1v) is 9.24. The molecule has 0 aliphatic rings. The van der Waals surface area contributed by atoms with Crippen LogP contribution in [-0.2, 0) is 9.53 Å². The molecule has 0 atom stereocenters. The minimum atomic E-state index is -0.0524. The van der Waals surface area contributed by atoms with Crippen LogP contribution in [0.2, 0.25) is 0 Å². The fourth-order valence-corrected chi connectivity index (χ4v) is 3.35. The van der Waals surface area contributed by atoms with Crippen LogP contribution in [0.5, 0.6) is 5.75 Å². The Morgan fingerprint density at radius 2 is 2.17 bits per heavy atom. The molecule has 0 spiro atoms. The number of para-hydroxylation sites is 2. The highest BCUT2D eigenvalue weighted by Gasteiger charge is 2.10. The molecule has 24 heavy (non-hydrogen) atoms. The summed E-state index contributed by atoms with van der Waals surface area (Å²) in [6.45, 7) is 3.54. The van der Waals surface area contributed by atoms with Gasteiger partial charge in [0.05, 0.1) is 24.7 Å². The Hall–Kier alpha value is -1.84. The lowest BCUT2D eigenvalue weighted by Crippen LogP contribution is -2.28. The molecule has 2 aromatic rings. The molecule has 0 fully saturated rings. The Bertz CT molecular complexity index is 651. The molecule has 0 aliphatic carbocycles. The molecule has 0 radical (unpaired) electrons. The van der Waals surface area contributed by atoms with Crippen LogP contribution in [0.4, 0.5) is 10.8 Å². The fourth-order valence-electron chi connectivity index (χ4n) is 1.76. The molecule has 7 nitrogen and oxygen atoms in total. The van der Waals surface area contributed by atoms with Crippen LogP contribution in [0.1, 0.15) is 6.92 Å². The van der Waals surface area contributed by atoms with E-state index in [1.54, 1.807) is 7.11 Å². The lowest BCUT2D eigenvalue weighted by Gasteiger charge is -2.09. The second kappa shape index (κ2) is 10.1. The molecule has 2 N–H and O–H groups in total. The van der Waals surface area contributed by atoms with Gasteiger partial charge in [0.25, 0.3) is 0 Å². The number of anilines is 2. The van der Waals surface area contributed by atoms with E-state index in [0.717, 1.165) is 15.8 Å². The van der Waals surface area contributed by atoms with E-state index in [1.165, 1.54) is 23.1 Å². The first-order chi connectivity index (χ1) is 11.7. The van der Waals surface area contributed by atoms with Crippen molar-refractivity contribution < 1.29 is 14.3 Å². The van der Waals surface area contributed by atoms with Gasteiger partial charge in [0.15, 0.2) is 4.34 Å². The van der Waals surface area contributed by atoms with Crippen molar-refractivity contribution in [2.75, 3.05) is 37.9 Å². The van der Waals surface area contributed by atoms with Crippen molar-refractivity contribution in [2.45, 2.75) is 11.3 Å². The summed E-state index contributed by atoms with van der Waals surface area (Å²) in [7, 11) is 1.60. The normalized spacial score (nSPS) is 10.4. The van der Waals surface area contributed by atoms with Gasteiger partial charge in [0, 0.05) is 13.7 Å². The largest absolute Gasteiger partial charge is 0.492 e. The molecule has 2 rings (SSSR count). The smallest absolute Gasteiger partial charge is 0.230 e. The summed E-state index contributed by atoms with van der Waals surface area (Å²) < 4.78 is 11.2. The van der Waals surface area contributed by atoms with Crippen LogP contribution in [-0.4, -0.2) is 48.7 Å². The zero-order valence-electron chi connectivity index (χ0n) is 13.6. The van der Waals surface area contributed by atoms with E-state index >= 15 is 0 Å². The topological polar surface area (TPSA) is 85.4 Å². The van der Waals surface area contributed by atoms with Crippen molar-refractivity contribution in [3.05, 3.63) is 24.3 Å². The number of carbonyl (C=O) groups excluding carboxylic acids is 1.